The molecule has 85 valence electrons. The molecule has 0 spiro atoms. The molecular weight excluding hydrogens is 220 g/mol. The molecular formula is C12H15O3Si. The zero-order valence-electron chi connectivity index (χ0n) is 9.02. The summed E-state index contributed by atoms with van der Waals surface area (Å²) in [6.07, 6.45) is 1.50. The Morgan fingerprint density at radius 2 is 2.00 bits per heavy atom. The second-order valence-corrected chi connectivity index (χ2v) is 4.90. The Labute approximate surface area is 98.5 Å². The van der Waals surface area contributed by atoms with E-state index < -0.39 is 11.5 Å². The molecule has 1 aliphatic rings. The molecule has 2 rings (SSSR count). The molecule has 0 aromatic heterocycles. The topological polar surface area (TPSA) is 49.7 Å². The second-order valence-electron chi connectivity index (χ2n) is 4.09. The van der Waals surface area contributed by atoms with Gasteiger partial charge in [0.05, 0.1) is 15.5 Å². The average molecular weight is 235 g/mol. The first-order valence-corrected chi connectivity index (χ1v) is 5.98. The van der Waals surface area contributed by atoms with Gasteiger partial charge in [-0.3, -0.25) is 0 Å². The minimum atomic E-state index is -1.46. The van der Waals surface area contributed by atoms with Crippen LogP contribution in [0.2, 0.25) is 0 Å². The maximum Gasteiger partial charge on any atom is 0.178 e. The lowest BCUT2D eigenvalue weighted by Gasteiger charge is -2.36. The van der Waals surface area contributed by atoms with Crippen molar-refractivity contribution in [2.45, 2.75) is 30.8 Å². The standard InChI is InChI=1S/C12H15O3Si/c13-11(14)9-5-1-2-6-10(9)12(16)7-3-4-8-15-12/h1-2,5-6,11,13-14H,3-4,7-8H2. The molecule has 4 heteroatoms. The van der Waals surface area contributed by atoms with Gasteiger partial charge < -0.3 is 14.9 Å². The maximum absolute atomic E-state index is 9.33. The normalized spacial score (nSPS) is 26.0. The van der Waals surface area contributed by atoms with E-state index in [-0.39, 0.29) is 0 Å². The summed E-state index contributed by atoms with van der Waals surface area (Å²) in [7, 11) is 3.64. The van der Waals surface area contributed by atoms with Crippen LogP contribution in [0.5, 0.6) is 0 Å². The number of benzene rings is 1. The van der Waals surface area contributed by atoms with E-state index in [9.17, 15) is 10.2 Å². The summed E-state index contributed by atoms with van der Waals surface area (Å²) < 4.78 is 5.73. The van der Waals surface area contributed by atoms with Crippen LogP contribution in [-0.2, 0) is 9.96 Å². The summed E-state index contributed by atoms with van der Waals surface area (Å²) >= 11 is 0. The molecule has 0 aliphatic carbocycles. The predicted octanol–water partition coefficient (Wildman–Crippen LogP) is 1.19. The quantitative estimate of drug-likeness (QED) is 0.598. The molecule has 0 bridgehead atoms. The van der Waals surface area contributed by atoms with Crippen molar-refractivity contribution in [2.75, 3.05) is 6.61 Å². The van der Waals surface area contributed by atoms with Gasteiger partial charge in [0.25, 0.3) is 0 Å². The molecule has 16 heavy (non-hydrogen) atoms. The van der Waals surface area contributed by atoms with E-state index in [4.69, 9.17) is 4.74 Å². The van der Waals surface area contributed by atoms with Gasteiger partial charge in [-0.1, -0.05) is 24.3 Å². The Balaban J connectivity index is 2.38. The Morgan fingerprint density at radius 1 is 1.25 bits per heavy atom. The molecule has 1 aliphatic heterocycles. The summed E-state index contributed by atoms with van der Waals surface area (Å²) in [5, 5.41) is 18.1. The fourth-order valence-corrected chi connectivity index (χ4v) is 2.60. The number of ether oxygens (including phenoxy) is 1. The van der Waals surface area contributed by atoms with E-state index in [1.54, 1.807) is 12.1 Å². The Morgan fingerprint density at radius 3 is 2.62 bits per heavy atom. The van der Waals surface area contributed by atoms with Crippen LogP contribution >= 0.6 is 0 Å². The molecule has 3 radical (unpaired) electrons. The maximum atomic E-state index is 9.33. The lowest BCUT2D eigenvalue weighted by atomic mass is 9.95. The van der Waals surface area contributed by atoms with E-state index in [1.807, 2.05) is 12.1 Å². The van der Waals surface area contributed by atoms with Gasteiger partial charge in [-0.2, -0.15) is 0 Å². The van der Waals surface area contributed by atoms with E-state index in [0.29, 0.717) is 12.2 Å². The first-order chi connectivity index (χ1) is 7.63. The molecule has 1 unspecified atom stereocenters. The molecule has 0 amide bonds. The zero-order chi connectivity index (χ0) is 11.6. The van der Waals surface area contributed by atoms with Crippen molar-refractivity contribution in [2.24, 2.45) is 0 Å². The molecule has 1 aromatic carbocycles. The first kappa shape index (κ1) is 11.8. The SMILES string of the molecule is OC(O)c1ccccc1C1([Si])CCCCO1. The highest BCUT2D eigenvalue weighted by Crippen LogP contribution is 2.35. The first-order valence-electron chi connectivity index (χ1n) is 5.48. The average Bonchev–Trinajstić information content (AvgIpc) is 2.30. The van der Waals surface area contributed by atoms with E-state index in [0.717, 1.165) is 24.8 Å². The Hall–Kier alpha value is -0.683. The van der Waals surface area contributed by atoms with E-state index in [1.165, 1.54) is 0 Å². The fraction of sp³-hybridized carbons (Fsp3) is 0.500. The van der Waals surface area contributed by atoms with Crippen LogP contribution in [-0.4, -0.2) is 27.1 Å². The molecule has 1 saturated heterocycles. The van der Waals surface area contributed by atoms with Gasteiger partial charge in [0, 0.05) is 12.2 Å². The number of hydrogen-bond acceptors (Lipinski definition) is 3. The Bertz CT molecular complexity index is 359. The van der Waals surface area contributed by atoms with E-state index in [2.05, 4.69) is 10.2 Å². The van der Waals surface area contributed by atoms with Crippen molar-refractivity contribution >= 4 is 10.2 Å². The smallest absolute Gasteiger partial charge is 0.178 e. The molecule has 1 aromatic rings. The van der Waals surface area contributed by atoms with Crippen molar-refractivity contribution in [3.8, 4) is 0 Å². The van der Waals surface area contributed by atoms with Gasteiger partial charge in [0.15, 0.2) is 6.29 Å². The monoisotopic (exact) mass is 235 g/mol. The van der Waals surface area contributed by atoms with Crippen molar-refractivity contribution < 1.29 is 14.9 Å². The Kier molecular flexibility index (Phi) is 3.44. The van der Waals surface area contributed by atoms with Crippen molar-refractivity contribution in [1.29, 1.82) is 0 Å². The highest BCUT2D eigenvalue weighted by molar-refractivity contribution is 6.15. The molecule has 0 saturated carbocycles. The van der Waals surface area contributed by atoms with Crippen LogP contribution in [0.4, 0.5) is 0 Å². The summed E-state index contributed by atoms with van der Waals surface area (Å²) in [5.74, 6) is 0. The number of hydrogen-bond donors (Lipinski definition) is 2. The van der Waals surface area contributed by atoms with Gasteiger partial charge in [0.2, 0.25) is 0 Å². The third kappa shape index (κ3) is 2.20. The molecule has 2 N–H and O–H groups in total. The number of rotatable bonds is 2. The van der Waals surface area contributed by atoms with Crippen LogP contribution in [0.25, 0.3) is 0 Å². The number of aliphatic hydroxyl groups excluding tert-OH is 1. The van der Waals surface area contributed by atoms with Gasteiger partial charge in [0.1, 0.15) is 0 Å². The summed E-state index contributed by atoms with van der Waals surface area (Å²) in [6, 6.07) is 7.24. The lowest BCUT2D eigenvalue weighted by Crippen LogP contribution is -2.35. The van der Waals surface area contributed by atoms with Crippen LogP contribution in [0.3, 0.4) is 0 Å². The van der Waals surface area contributed by atoms with Crippen molar-refractivity contribution in [1.82, 2.24) is 0 Å². The van der Waals surface area contributed by atoms with Gasteiger partial charge in [-0.25, -0.2) is 0 Å². The van der Waals surface area contributed by atoms with Gasteiger partial charge in [-0.05, 0) is 24.8 Å². The minimum absolute atomic E-state index is 0.499. The second kappa shape index (κ2) is 4.67. The highest BCUT2D eigenvalue weighted by Gasteiger charge is 2.32. The van der Waals surface area contributed by atoms with Crippen LogP contribution in [0.15, 0.2) is 24.3 Å². The highest BCUT2D eigenvalue weighted by atomic mass is 28.1. The van der Waals surface area contributed by atoms with Gasteiger partial charge >= 0.3 is 0 Å². The summed E-state index contributed by atoms with van der Waals surface area (Å²) in [6.45, 7) is 0.694. The molecule has 1 fully saturated rings. The zero-order valence-corrected chi connectivity index (χ0v) is 10.0. The predicted molar refractivity (Wildman–Crippen MR) is 60.9 cm³/mol. The van der Waals surface area contributed by atoms with Crippen molar-refractivity contribution in [3.05, 3.63) is 35.4 Å². The van der Waals surface area contributed by atoms with Crippen molar-refractivity contribution in [3.63, 3.8) is 0 Å². The summed E-state index contributed by atoms with van der Waals surface area (Å²) in [4.78, 5) is 0. The number of aliphatic hydroxyl groups is 2. The third-order valence-electron chi connectivity index (χ3n) is 2.95. The lowest BCUT2D eigenvalue weighted by molar-refractivity contribution is -0.0533. The minimum Gasteiger partial charge on any atom is -0.375 e. The largest absolute Gasteiger partial charge is 0.375 e. The fourth-order valence-electron chi connectivity index (χ4n) is 2.10. The third-order valence-corrected chi connectivity index (χ3v) is 3.61. The molecule has 1 heterocycles. The summed E-state index contributed by atoms with van der Waals surface area (Å²) in [5.41, 5.74) is 1.31. The van der Waals surface area contributed by atoms with Gasteiger partial charge in [-0.15, -0.1) is 0 Å². The van der Waals surface area contributed by atoms with Crippen LogP contribution in [0.1, 0.15) is 36.7 Å². The molecule has 3 nitrogen and oxygen atoms in total. The van der Waals surface area contributed by atoms with Crippen LogP contribution < -0.4 is 0 Å². The molecule has 1 atom stereocenters. The van der Waals surface area contributed by atoms with Crippen LogP contribution in [0, 0.1) is 0 Å². The van der Waals surface area contributed by atoms with E-state index >= 15 is 0 Å².